The monoisotopic (exact) mass is 524 g/mol. The van der Waals surface area contributed by atoms with E-state index in [-0.39, 0.29) is 29.7 Å². The van der Waals surface area contributed by atoms with Gasteiger partial charge in [-0.2, -0.15) is 0 Å². The number of halogens is 1. The molecule has 0 aliphatic carbocycles. The van der Waals surface area contributed by atoms with Gasteiger partial charge >= 0.3 is 0 Å². The molecule has 0 bridgehead atoms. The number of aliphatic imine (C=N–C) groups is 1. The number of anilines is 1. The molecule has 6 nitrogen and oxygen atoms in total. The van der Waals surface area contributed by atoms with Gasteiger partial charge in [-0.15, -0.1) is 24.0 Å². The zero-order valence-electron chi connectivity index (χ0n) is 18.0. The molecule has 0 spiro atoms. The lowest BCUT2D eigenvalue weighted by Gasteiger charge is -2.20. The van der Waals surface area contributed by atoms with Crippen molar-refractivity contribution in [3.05, 3.63) is 53.6 Å². The normalized spacial score (nSPS) is 16.2. The van der Waals surface area contributed by atoms with Crippen LogP contribution in [0.2, 0.25) is 0 Å². The molecule has 1 heterocycles. The summed E-state index contributed by atoms with van der Waals surface area (Å²) in [6, 6.07) is 14.6. The molecule has 1 atom stereocenters. The highest BCUT2D eigenvalue weighted by Crippen LogP contribution is 2.29. The van der Waals surface area contributed by atoms with E-state index in [1.807, 2.05) is 12.1 Å². The lowest BCUT2D eigenvalue weighted by molar-refractivity contribution is 0.370. The molecule has 1 aliphatic rings. The summed E-state index contributed by atoms with van der Waals surface area (Å²) in [6.07, 6.45) is 1.73. The van der Waals surface area contributed by atoms with Crippen LogP contribution in [0.4, 0.5) is 5.69 Å². The van der Waals surface area contributed by atoms with Crippen molar-refractivity contribution in [1.29, 1.82) is 0 Å². The number of aromatic hydroxyl groups is 1. The van der Waals surface area contributed by atoms with E-state index in [4.69, 9.17) is 9.73 Å². The van der Waals surface area contributed by atoms with Gasteiger partial charge < -0.3 is 25.4 Å². The molecule has 0 radical (unpaired) electrons. The van der Waals surface area contributed by atoms with Crippen molar-refractivity contribution in [2.45, 2.75) is 32.7 Å². The third-order valence-electron chi connectivity index (χ3n) is 5.23. The van der Waals surface area contributed by atoms with E-state index >= 15 is 0 Å². The number of hydrogen-bond donors (Lipinski definition) is 3. The third-order valence-corrected chi connectivity index (χ3v) is 5.23. The smallest absolute Gasteiger partial charge is 0.191 e. The maximum Gasteiger partial charge on any atom is 0.191 e. The molecule has 1 unspecified atom stereocenters. The maximum atomic E-state index is 10.2. The molecule has 3 N–H and O–H groups in total. The van der Waals surface area contributed by atoms with Crippen LogP contribution in [0.1, 0.15) is 24.5 Å². The standard InChI is InChI=1S/C23H32N4O2.HI/c1-4-24-23(25-14-12-18-6-5-7-21(29-3)22(18)28)26-19-13-15-27(16-19)20-10-8-17(2)9-11-20;/h5-11,19,28H,4,12-16H2,1-3H3,(H2,24,25,26);1H. The number of phenols is 1. The number of ether oxygens (including phenoxy) is 1. The van der Waals surface area contributed by atoms with Crippen molar-refractivity contribution >= 4 is 35.6 Å². The van der Waals surface area contributed by atoms with Crippen molar-refractivity contribution in [3.63, 3.8) is 0 Å². The molecule has 2 aromatic carbocycles. The van der Waals surface area contributed by atoms with E-state index in [1.165, 1.54) is 11.3 Å². The van der Waals surface area contributed by atoms with Crippen molar-refractivity contribution in [2.24, 2.45) is 4.99 Å². The molecule has 2 aromatic rings. The lowest BCUT2D eigenvalue weighted by atomic mass is 10.1. The van der Waals surface area contributed by atoms with Crippen molar-refractivity contribution in [2.75, 3.05) is 38.2 Å². The zero-order chi connectivity index (χ0) is 20.6. The van der Waals surface area contributed by atoms with Crippen LogP contribution in [0.15, 0.2) is 47.5 Å². The molecule has 30 heavy (non-hydrogen) atoms. The maximum absolute atomic E-state index is 10.2. The largest absolute Gasteiger partial charge is 0.504 e. The molecule has 0 amide bonds. The van der Waals surface area contributed by atoms with Crippen LogP contribution in [0.5, 0.6) is 11.5 Å². The SMILES string of the molecule is CCNC(=NCCc1cccc(OC)c1O)NC1CCN(c2ccc(C)cc2)C1.I. The van der Waals surface area contributed by atoms with Gasteiger partial charge in [0, 0.05) is 37.9 Å². The fourth-order valence-electron chi connectivity index (χ4n) is 3.60. The van der Waals surface area contributed by atoms with Gasteiger partial charge in [0.2, 0.25) is 0 Å². The summed E-state index contributed by atoms with van der Waals surface area (Å²) in [7, 11) is 1.56. The quantitative estimate of drug-likeness (QED) is 0.293. The molecule has 3 rings (SSSR count). The Balaban J connectivity index is 0.00000320. The first-order valence-corrected chi connectivity index (χ1v) is 10.3. The number of phenolic OH excluding ortho intramolecular Hbond substituents is 1. The molecular weight excluding hydrogens is 491 g/mol. The van der Waals surface area contributed by atoms with Crippen LogP contribution in [0, 0.1) is 6.92 Å². The number of methoxy groups -OCH3 is 1. The van der Waals surface area contributed by atoms with Crippen molar-refractivity contribution in [1.82, 2.24) is 10.6 Å². The zero-order valence-corrected chi connectivity index (χ0v) is 20.3. The summed E-state index contributed by atoms with van der Waals surface area (Å²) >= 11 is 0. The van der Waals surface area contributed by atoms with Crippen LogP contribution in [0.3, 0.4) is 0 Å². The Morgan fingerprint density at radius 1 is 1.23 bits per heavy atom. The first kappa shape index (κ1) is 24.1. The van der Waals surface area contributed by atoms with Gasteiger partial charge in [0.1, 0.15) is 0 Å². The summed E-state index contributed by atoms with van der Waals surface area (Å²) in [4.78, 5) is 7.11. The summed E-state index contributed by atoms with van der Waals surface area (Å²) in [5, 5.41) is 17.1. The molecule has 1 fully saturated rings. The van der Waals surface area contributed by atoms with E-state index in [1.54, 1.807) is 13.2 Å². The second-order valence-corrected chi connectivity index (χ2v) is 7.39. The molecule has 1 aliphatic heterocycles. The Labute approximate surface area is 196 Å². The van der Waals surface area contributed by atoms with Gasteiger partial charge in [0.25, 0.3) is 0 Å². The van der Waals surface area contributed by atoms with E-state index in [9.17, 15) is 5.11 Å². The Bertz CT molecular complexity index is 826. The van der Waals surface area contributed by atoms with Gasteiger partial charge in [-0.05, 0) is 50.5 Å². The molecule has 1 saturated heterocycles. The lowest BCUT2D eigenvalue weighted by Crippen LogP contribution is -2.44. The van der Waals surface area contributed by atoms with Gasteiger partial charge in [0.15, 0.2) is 17.5 Å². The molecule has 0 saturated carbocycles. The number of nitrogens with one attached hydrogen (secondary N) is 2. The number of guanidine groups is 1. The Morgan fingerprint density at radius 2 is 2.00 bits per heavy atom. The van der Waals surface area contributed by atoms with Crippen LogP contribution >= 0.6 is 24.0 Å². The molecule has 164 valence electrons. The van der Waals surface area contributed by atoms with E-state index in [0.29, 0.717) is 24.8 Å². The molecule has 7 heteroatoms. The fourth-order valence-corrected chi connectivity index (χ4v) is 3.60. The van der Waals surface area contributed by atoms with Gasteiger partial charge in [0.05, 0.1) is 7.11 Å². The summed E-state index contributed by atoms with van der Waals surface area (Å²) in [5.41, 5.74) is 3.40. The highest BCUT2D eigenvalue weighted by molar-refractivity contribution is 14.0. The second kappa shape index (κ2) is 11.9. The topological polar surface area (TPSA) is 69.1 Å². The summed E-state index contributed by atoms with van der Waals surface area (Å²) < 4.78 is 5.18. The molecule has 0 aromatic heterocycles. The Morgan fingerprint density at radius 3 is 2.70 bits per heavy atom. The van der Waals surface area contributed by atoms with E-state index < -0.39 is 0 Å². The summed E-state index contributed by atoms with van der Waals surface area (Å²) in [6.45, 7) is 7.58. The average molecular weight is 524 g/mol. The average Bonchev–Trinajstić information content (AvgIpc) is 3.18. The van der Waals surface area contributed by atoms with Crippen molar-refractivity contribution < 1.29 is 9.84 Å². The highest BCUT2D eigenvalue weighted by atomic mass is 127. The van der Waals surface area contributed by atoms with Crippen LogP contribution in [0.25, 0.3) is 0 Å². The minimum atomic E-state index is 0. The number of benzene rings is 2. The summed E-state index contributed by atoms with van der Waals surface area (Å²) in [5.74, 6) is 1.52. The second-order valence-electron chi connectivity index (χ2n) is 7.39. The van der Waals surface area contributed by atoms with Crippen molar-refractivity contribution in [3.8, 4) is 11.5 Å². The minimum Gasteiger partial charge on any atom is -0.504 e. The third kappa shape index (κ3) is 6.42. The number of para-hydroxylation sites is 1. The highest BCUT2D eigenvalue weighted by Gasteiger charge is 2.23. The van der Waals surface area contributed by atoms with Crippen LogP contribution in [-0.4, -0.2) is 50.4 Å². The van der Waals surface area contributed by atoms with Gasteiger partial charge in [-0.1, -0.05) is 29.8 Å². The number of nitrogens with zero attached hydrogens (tertiary/aromatic N) is 2. The predicted molar refractivity (Wildman–Crippen MR) is 135 cm³/mol. The predicted octanol–water partition coefficient (Wildman–Crippen LogP) is 3.70. The minimum absolute atomic E-state index is 0. The van der Waals surface area contributed by atoms with Gasteiger partial charge in [-0.3, -0.25) is 4.99 Å². The Kier molecular flexibility index (Phi) is 9.55. The van der Waals surface area contributed by atoms with Gasteiger partial charge in [-0.25, -0.2) is 0 Å². The number of rotatable bonds is 7. The fraction of sp³-hybridized carbons (Fsp3) is 0.435. The van der Waals surface area contributed by atoms with E-state index in [2.05, 4.69) is 53.6 Å². The van der Waals surface area contributed by atoms with E-state index in [0.717, 1.165) is 37.6 Å². The first-order chi connectivity index (χ1) is 14.1. The molecular formula is C23H33IN4O2. The van der Waals surface area contributed by atoms with Crippen LogP contribution < -0.4 is 20.3 Å². The first-order valence-electron chi connectivity index (χ1n) is 10.3. The Hall–Kier alpha value is -2.16. The van der Waals surface area contributed by atoms with Crippen LogP contribution in [-0.2, 0) is 6.42 Å². The number of hydrogen-bond acceptors (Lipinski definition) is 4. The number of aryl methyl sites for hydroxylation is 1.